The number of thioether (sulfide) groups is 1. The average Bonchev–Trinajstić information content (AvgIpc) is 2.48. The lowest BCUT2D eigenvalue weighted by atomic mass is 9.87. The highest BCUT2D eigenvalue weighted by molar-refractivity contribution is 9.10. The summed E-state index contributed by atoms with van der Waals surface area (Å²) in [5.74, 6) is 1.45. The number of anilines is 1. The third-order valence-electron chi connectivity index (χ3n) is 4.25. The molecule has 1 saturated carbocycles. The largest absolute Gasteiger partial charge is 0.398 e. The van der Waals surface area contributed by atoms with E-state index in [1.54, 1.807) is 0 Å². The van der Waals surface area contributed by atoms with Crippen LogP contribution >= 0.6 is 27.7 Å². The van der Waals surface area contributed by atoms with Crippen LogP contribution in [0.4, 0.5) is 5.69 Å². The molecule has 2 rings (SSSR count). The van der Waals surface area contributed by atoms with Crippen molar-refractivity contribution < 1.29 is 4.79 Å². The van der Waals surface area contributed by atoms with Gasteiger partial charge in [0.2, 0.25) is 5.91 Å². The summed E-state index contributed by atoms with van der Waals surface area (Å²) in [4.78, 5) is 15.2. The molecule has 0 radical (unpaired) electrons. The number of halogens is 1. The van der Waals surface area contributed by atoms with E-state index < -0.39 is 0 Å². The Bertz CT molecular complexity index is 501. The van der Waals surface area contributed by atoms with Crippen LogP contribution in [0.25, 0.3) is 0 Å². The number of benzene rings is 1. The minimum Gasteiger partial charge on any atom is -0.398 e. The SMILES string of the molecule is CC1CCC(N(C)C(=O)CSc2cc(Br)ccc2N)CC1. The van der Waals surface area contributed by atoms with Crippen LogP contribution in [0.15, 0.2) is 27.6 Å². The zero-order chi connectivity index (χ0) is 15.4. The second kappa shape index (κ2) is 7.54. The molecule has 1 fully saturated rings. The van der Waals surface area contributed by atoms with Crippen LogP contribution in [-0.4, -0.2) is 29.6 Å². The lowest BCUT2D eigenvalue weighted by Gasteiger charge is -2.33. The van der Waals surface area contributed by atoms with Gasteiger partial charge in [0.05, 0.1) is 5.75 Å². The molecule has 0 unspecified atom stereocenters. The maximum absolute atomic E-state index is 12.3. The first kappa shape index (κ1) is 16.7. The van der Waals surface area contributed by atoms with Crippen LogP contribution < -0.4 is 5.73 Å². The van der Waals surface area contributed by atoms with E-state index >= 15 is 0 Å². The summed E-state index contributed by atoms with van der Waals surface area (Å²) < 4.78 is 0.987. The number of rotatable bonds is 4. The van der Waals surface area contributed by atoms with Crippen molar-refractivity contribution in [3.05, 3.63) is 22.7 Å². The fraction of sp³-hybridized carbons (Fsp3) is 0.562. The third-order valence-corrected chi connectivity index (χ3v) is 5.80. The van der Waals surface area contributed by atoms with Gasteiger partial charge in [-0.1, -0.05) is 22.9 Å². The van der Waals surface area contributed by atoms with Crippen molar-refractivity contribution >= 4 is 39.3 Å². The molecule has 0 heterocycles. The van der Waals surface area contributed by atoms with E-state index in [1.165, 1.54) is 24.6 Å². The van der Waals surface area contributed by atoms with Crippen molar-refractivity contribution in [3.8, 4) is 0 Å². The highest BCUT2D eigenvalue weighted by atomic mass is 79.9. The number of nitrogen functional groups attached to an aromatic ring is 1. The maximum Gasteiger partial charge on any atom is 0.232 e. The van der Waals surface area contributed by atoms with Gasteiger partial charge < -0.3 is 10.6 Å². The van der Waals surface area contributed by atoms with Gasteiger partial charge in [-0.2, -0.15) is 0 Å². The Hall–Kier alpha value is -0.680. The van der Waals surface area contributed by atoms with Gasteiger partial charge in [0, 0.05) is 28.1 Å². The second-order valence-electron chi connectivity index (χ2n) is 5.89. The fourth-order valence-corrected chi connectivity index (χ4v) is 4.15. The number of amides is 1. The minimum absolute atomic E-state index is 0.193. The summed E-state index contributed by atoms with van der Waals surface area (Å²) >= 11 is 4.95. The quantitative estimate of drug-likeness (QED) is 0.639. The van der Waals surface area contributed by atoms with Crippen molar-refractivity contribution in [1.29, 1.82) is 0 Å². The molecule has 1 amide bonds. The molecule has 0 aliphatic heterocycles. The zero-order valence-electron chi connectivity index (χ0n) is 12.6. The molecule has 0 saturated heterocycles. The molecule has 1 aromatic carbocycles. The van der Waals surface area contributed by atoms with E-state index in [9.17, 15) is 4.79 Å². The zero-order valence-corrected chi connectivity index (χ0v) is 15.0. The van der Waals surface area contributed by atoms with Gasteiger partial charge in [-0.3, -0.25) is 4.79 Å². The van der Waals surface area contributed by atoms with Crippen LogP contribution in [0, 0.1) is 5.92 Å². The summed E-state index contributed by atoms with van der Waals surface area (Å²) in [5.41, 5.74) is 6.67. The monoisotopic (exact) mass is 370 g/mol. The van der Waals surface area contributed by atoms with E-state index in [4.69, 9.17) is 5.73 Å². The highest BCUT2D eigenvalue weighted by Gasteiger charge is 2.24. The first-order chi connectivity index (χ1) is 9.97. The van der Waals surface area contributed by atoms with Crippen molar-refractivity contribution in [2.24, 2.45) is 5.92 Å². The number of carbonyl (C=O) groups excluding carboxylic acids is 1. The van der Waals surface area contributed by atoms with E-state index in [0.717, 1.165) is 33.8 Å². The standard InChI is InChI=1S/C16H23BrN2OS/c1-11-3-6-13(7-4-11)19(2)16(20)10-21-15-9-12(17)5-8-14(15)18/h5,8-9,11,13H,3-4,6-7,10,18H2,1-2H3. The molecule has 5 heteroatoms. The van der Waals surface area contributed by atoms with Crippen LogP contribution in [0.5, 0.6) is 0 Å². The molecule has 1 aliphatic rings. The number of carbonyl (C=O) groups is 1. The fourth-order valence-electron chi connectivity index (χ4n) is 2.71. The van der Waals surface area contributed by atoms with Crippen LogP contribution in [-0.2, 0) is 4.79 Å². The van der Waals surface area contributed by atoms with Gasteiger partial charge in [0.1, 0.15) is 0 Å². The number of hydrogen-bond donors (Lipinski definition) is 1. The second-order valence-corrected chi connectivity index (χ2v) is 7.82. The molecule has 2 N–H and O–H groups in total. The number of hydrogen-bond acceptors (Lipinski definition) is 3. The molecule has 0 bridgehead atoms. The molecule has 0 spiro atoms. The van der Waals surface area contributed by atoms with Gasteiger partial charge in [0.25, 0.3) is 0 Å². The van der Waals surface area contributed by atoms with Gasteiger partial charge in [-0.15, -0.1) is 11.8 Å². The Labute approximate surface area is 139 Å². The molecule has 0 aromatic heterocycles. The van der Waals surface area contributed by atoms with Crippen molar-refractivity contribution in [2.45, 2.75) is 43.5 Å². The van der Waals surface area contributed by atoms with E-state index in [1.807, 2.05) is 30.1 Å². The molecule has 1 aliphatic carbocycles. The van der Waals surface area contributed by atoms with E-state index in [0.29, 0.717) is 11.8 Å². The van der Waals surface area contributed by atoms with Crippen molar-refractivity contribution in [1.82, 2.24) is 4.90 Å². The van der Waals surface area contributed by atoms with Crippen LogP contribution in [0.2, 0.25) is 0 Å². The predicted octanol–water partition coefficient (Wildman–Crippen LogP) is 4.16. The summed E-state index contributed by atoms with van der Waals surface area (Å²) in [6.07, 6.45) is 4.72. The molecule has 21 heavy (non-hydrogen) atoms. The molecule has 3 nitrogen and oxygen atoms in total. The summed E-state index contributed by atoms with van der Waals surface area (Å²) in [7, 11) is 1.94. The van der Waals surface area contributed by atoms with Gasteiger partial charge in [-0.05, 0) is 49.8 Å². The Kier molecular flexibility index (Phi) is 5.99. The molecular weight excluding hydrogens is 348 g/mol. The van der Waals surface area contributed by atoms with E-state index in [2.05, 4.69) is 22.9 Å². The normalized spacial score (nSPS) is 22.0. The summed E-state index contributed by atoms with van der Waals surface area (Å²) in [6, 6.07) is 6.16. The van der Waals surface area contributed by atoms with Gasteiger partial charge in [-0.25, -0.2) is 0 Å². The van der Waals surface area contributed by atoms with E-state index in [-0.39, 0.29) is 5.91 Å². The van der Waals surface area contributed by atoms with Crippen LogP contribution in [0.3, 0.4) is 0 Å². The maximum atomic E-state index is 12.3. The van der Waals surface area contributed by atoms with Crippen molar-refractivity contribution in [2.75, 3.05) is 18.5 Å². The minimum atomic E-state index is 0.193. The number of nitrogens with zero attached hydrogens (tertiary/aromatic N) is 1. The van der Waals surface area contributed by atoms with Crippen molar-refractivity contribution in [3.63, 3.8) is 0 Å². The topological polar surface area (TPSA) is 46.3 Å². The first-order valence-electron chi connectivity index (χ1n) is 7.41. The average molecular weight is 371 g/mol. The Balaban J connectivity index is 1.87. The van der Waals surface area contributed by atoms with Gasteiger partial charge >= 0.3 is 0 Å². The predicted molar refractivity (Wildman–Crippen MR) is 93.5 cm³/mol. The Morgan fingerprint density at radius 3 is 2.71 bits per heavy atom. The summed E-state index contributed by atoms with van der Waals surface area (Å²) in [5, 5.41) is 0. The summed E-state index contributed by atoms with van der Waals surface area (Å²) in [6.45, 7) is 2.30. The third kappa shape index (κ3) is 4.65. The molecule has 116 valence electrons. The Morgan fingerprint density at radius 2 is 2.05 bits per heavy atom. The first-order valence-corrected chi connectivity index (χ1v) is 9.18. The highest BCUT2D eigenvalue weighted by Crippen LogP contribution is 2.30. The Morgan fingerprint density at radius 1 is 1.38 bits per heavy atom. The lowest BCUT2D eigenvalue weighted by molar-refractivity contribution is -0.129. The molecule has 0 atom stereocenters. The molecule has 1 aromatic rings. The number of nitrogens with two attached hydrogens (primary N) is 1. The van der Waals surface area contributed by atoms with Gasteiger partial charge in [0.15, 0.2) is 0 Å². The lowest BCUT2D eigenvalue weighted by Crippen LogP contribution is -2.40. The molecular formula is C16H23BrN2OS. The van der Waals surface area contributed by atoms with Crippen LogP contribution in [0.1, 0.15) is 32.6 Å². The smallest absolute Gasteiger partial charge is 0.232 e.